The number of carbonyl (C=O) groups excluding carboxylic acids is 2. The average molecular weight is 413 g/mol. The third kappa shape index (κ3) is 7.12. The van der Waals surface area contributed by atoms with Crippen molar-refractivity contribution in [3.63, 3.8) is 0 Å². The van der Waals surface area contributed by atoms with Gasteiger partial charge >= 0.3 is 0 Å². The molecule has 0 radical (unpaired) electrons. The summed E-state index contributed by atoms with van der Waals surface area (Å²) < 4.78 is 15.9. The highest BCUT2D eigenvalue weighted by atomic mass is 16.5. The highest BCUT2D eigenvalue weighted by molar-refractivity contribution is 5.97. The molecule has 2 amide bonds. The van der Waals surface area contributed by atoms with Crippen molar-refractivity contribution in [2.75, 3.05) is 27.4 Å². The van der Waals surface area contributed by atoms with Crippen LogP contribution in [-0.2, 0) is 4.79 Å². The Bertz CT molecular complexity index is 883. The Morgan fingerprint density at radius 2 is 1.87 bits per heavy atom. The molecule has 0 spiro atoms. The third-order valence-electron chi connectivity index (χ3n) is 4.08. The lowest BCUT2D eigenvalue weighted by atomic mass is 10.2. The number of hydrogen-bond donors (Lipinski definition) is 2. The molecule has 2 N–H and O–H groups in total. The number of methoxy groups -OCH3 is 2. The number of amides is 2. The van der Waals surface area contributed by atoms with Gasteiger partial charge in [-0.2, -0.15) is 5.10 Å². The minimum absolute atomic E-state index is 0.218. The fourth-order valence-corrected chi connectivity index (χ4v) is 2.48. The van der Waals surface area contributed by atoms with E-state index in [1.807, 2.05) is 24.3 Å². The largest absolute Gasteiger partial charge is 0.494 e. The fourth-order valence-electron chi connectivity index (χ4n) is 2.48. The van der Waals surface area contributed by atoms with Gasteiger partial charge in [0.2, 0.25) is 0 Å². The lowest BCUT2D eigenvalue weighted by Crippen LogP contribution is -2.34. The predicted octanol–water partition coefficient (Wildman–Crippen LogP) is 2.76. The molecule has 0 aliphatic rings. The van der Waals surface area contributed by atoms with Crippen LogP contribution in [0.2, 0.25) is 0 Å². The summed E-state index contributed by atoms with van der Waals surface area (Å²) in [6.45, 7) is 2.55. The van der Waals surface area contributed by atoms with E-state index in [0.717, 1.165) is 24.2 Å². The molecule has 0 aliphatic carbocycles. The van der Waals surface area contributed by atoms with Gasteiger partial charge in [-0.25, -0.2) is 5.43 Å². The maximum atomic E-state index is 12.2. The monoisotopic (exact) mass is 413 g/mol. The molecule has 0 aromatic heterocycles. The summed E-state index contributed by atoms with van der Waals surface area (Å²) in [6, 6.07) is 12.2. The van der Waals surface area contributed by atoms with Crippen molar-refractivity contribution in [1.29, 1.82) is 0 Å². The molecule has 8 heteroatoms. The van der Waals surface area contributed by atoms with Crippen LogP contribution < -0.4 is 25.0 Å². The highest BCUT2D eigenvalue weighted by Crippen LogP contribution is 2.27. The Morgan fingerprint density at radius 3 is 2.60 bits per heavy atom. The van der Waals surface area contributed by atoms with Gasteiger partial charge in [-0.05, 0) is 42.3 Å². The zero-order valence-electron chi connectivity index (χ0n) is 17.4. The lowest BCUT2D eigenvalue weighted by molar-refractivity contribution is -0.120. The molecule has 0 fully saturated rings. The highest BCUT2D eigenvalue weighted by Gasteiger charge is 2.11. The van der Waals surface area contributed by atoms with Crippen molar-refractivity contribution in [1.82, 2.24) is 10.7 Å². The van der Waals surface area contributed by atoms with Crippen LogP contribution in [0.5, 0.6) is 17.2 Å². The van der Waals surface area contributed by atoms with Crippen molar-refractivity contribution in [2.45, 2.75) is 19.8 Å². The zero-order valence-corrected chi connectivity index (χ0v) is 17.4. The van der Waals surface area contributed by atoms with E-state index in [1.54, 1.807) is 18.2 Å². The standard InChI is InChI=1S/C22H27N3O5/c1-4-5-11-30-18-8-6-7-16(12-18)14-24-25-21(26)15-23-22(27)17-9-10-19(28-2)20(13-17)29-3/h6-10,12-14H,4-5,11,15H2,1-3H3,(H,23,27)(H,25,26)/b24-14-. The number of carbonyl (C=O) groups is 2. The Labute approximate surface area is 176 Å². The maximum Gasteiger partial charge on any atom is 0.259 e. The van der Waals surface area contributed by atoms with Crippen LogP contribution in [0.25, 0.3) is 0 Å². The number of nitrogens with zero attached hydrogens (tertiary/aromatic N) is 1. The molecule has 2 aromatic carbocycles. The van der Waals surface area contributed by atoms with Gasteiger partial charge in [-0.3, -0.25) is 9.59 Å². The molecule has 2 aromatic rings. The Balaban J connectivity index is 1.82. The number of unbranched alkanes of at least 4 members (excludes halogenated alkanes) is 1. The van der Waals surface area contributed by atoms with Gasteiger partial charge in [-0.1, -0.05) is 25.5 Å². The number of hydrazone groups is 1. The third-order valence-corrected chi connectivity index (χ3v) is 4.08. The summed E-state index contributed by atoms with van der Waals surface area (Å²) in [5.41, 5.74) is 3.52. The van der Waals surface area contributed by atoms with Crippen LogP contribution in [0.4, 0.5) is 0 Å². The maximum absolute atomic E-state index is 12.2. The van der Waals surface area contributed by atoms with E-state index in [-0.39, 0.29) is 6.54 Å². The summed E-state index contributed by atoms with van der Waals surface area (Å²) in [7, 11) is 3.00. The molecular formula is C22H27N3O5. The van der Waals surface area contributed by atoms with Crippen molar-refractivity contribution >= 4 is 18.0 Å². The molecule has 8 nitrogen and oxygen atoms in total. The quantitative estimate of drug-likeness (QED) is 0.335. The summed E-state index contributed by atoms with van der Waals surface area (Å²) in [4.78, 5) is 24.1. The van der Waals surface area contributed by atoms with E-state index < -0.39 is 11.8 Å². The van der Waals surface area contributed by atoms with Gasteiger partial charge in [0, 0.05) is 5.56 Å². The molecule has 0 saturated heterocycles. The number of hydrogen-bond acceptors (Lipinski definition) is 6. The smallest absolute Gasteiger partial charge is 0.259 e. The predicted molar refractivity (Wildman–Crippen MR) is 114 cm³/mol. The summed E-state index contributed by atoms with van der Waals surface area (Å²) in [5, 5.41) is 6.44. The normalized spacial score (nSPS) is 10.5. The minimum Gasteiger partial charge on any atom is -0.494 e. The van der Waals surface area contributed by atoms with Gasteiger partial charge < -0.3 is 19.5 Å². The second-order valence-corrected chi connectivity index (χ2v) is 6.32. The first-order chi connectivity index (χ1) is 14.6. The second kappa shape index (κ2) is 12.1. The van der Waals surface area contributed by atoms with E-state index in [9.17, 15) is 9.59 Å². The first-order valence-electron chi connectivity index (χ1n) is 9.62. The minimum atomic E-state index is -0.449. The van der Waals surface area contributed by atoms with Gasteiger partial charge in [0.05, 0.1) is 33.6 Å². The molecule has 0 heterocycles. The molecule has 0 atom stereocenters. The summed E-state index contributed by atoms with van der Waals surface area (Å²) >= 11 is 0. The first kappa shape index (κ1) is 22.7. The molecule has 0 unspecified atom stereocenters. The molecule has 0 saturated carbocycles. The van der Waals surface area contributed by atoms with Crippen LogP contribution in [0.3, 0.4) is 0 Å². The SMILES string of the molecule is CCCCOc1cccc(/C=N\NC(=O)CNC(=O)c2ccc(OC)c(OC)c2)c1. The molecule has 0 aliphatic heterocycles. The molecule has 30 heavy (non-hydrogen) atoms. The Morgan fingerprint density at radius 1 is 1.07 bits per heavy atom. The van der Waals surface area contributed by atoms with E-state index in [1.165, 1.54) is 20.4 Å². The van der Waals surface area contributed by atoms with Crippen molar-refractivity contribution in [3.8, 4) is 17.2 Å². The zero-order chi connectivity index (χ0) is 21.8. The van der Waals surface area contributed by atoms with E-state index in [0.29, 0.717) is 23.7 Å². The molecule has 160 valence electrons. The van der Waals surface area contributed by atoms with Crippen molar-refractivity contribution in [2.24, 2.45) is 5.10 Å². The van der Waals surface area contributed by atoms with Crippen LogP contribution in [0.15, 0.2) is 47.6 Å². The first-order valence-corrected chi connectivity index (χ1v) is 9.62. The number of nitrogens with one attached hydrogen (secondary N) is 2. The Kier molecular flexibility index (Phi) is 9.18. The lowest BCUT2D eigenvalue weighted by Gasteiger charge is -2.09. The van der Waals surface area contributed by atoms with Gasteiger partial charge in [0.15, 0.2) is 11.5 Å². The average Bonchev–Trinajstić information content (AvgIpc) is 2.77. The van der Waals surface area contributed by atoms with Crippen LogP contribution in [-0.4, -0.2) is 45.4 Å². The van der Waals surface area contributed by atoms with E-state index >= 15 is 0 Å². The topological polar surface area (TPSA) is 98.2 Å². The van der Waals surface area contributed by atoms with E-state index in [2.05, 4.69) is 22.8 Å². The fraction of sp³-hybridized carbons (Fsp3) is 0.318. The molecule has 0 bridgehead atoms. The summed E-state index contributed by atoms with van der Waals surface area (Å²) in [5.74, 6) is 0.837. The van der Waals surface area contributed by atoms with Crippen molar-refractivity contribution in [3.05, 3.63) is 53.6 Å². The summed E-state index contributed by atoms with van der Waals surface area (Å²) in [6.07, 6.45) is 3.57. The second-order valence-electron chi connectivity index (χ2n) is 6.32. The van der Waals surface area contributed by atoms with Gasteiger partial charge in [-0.15, -0.1) is 0 Å². The number of benzene rings is 2. The van der Waals surface area contributed by atoms with E-state index in [4.69, 9.17) is 14.2 Å². The van der Waals surface area contributed by atoms with Crippen LogP contribution in [0, 0.1) is 0 Å². The molecule has 2 rings (SSSR count). The van der Waals surface area contributed by atoms with Gasteiger partial charge in [0.1, 0.15) is 5.75 Å². The number of rotatable bonds is 11. The Hall–Kier alpha value is -3.55. The van der Waals surface area contributed by atoms with Gasteiger partial charge in [0.25, 0.3) is 11.8 Å². The van der Waals surface area contributed by atoms with Crippen LogP contribution >= 0.6 is 0 Å². The molecular weight excluding hydrogens is 386 g/mol. The van der Waals surface area contributed by atoms with Crippen LogP contribution in [0.1, 0.15) is 35.7 Å². The number of ether oxygens (including phenoxy) is 3. The van der Waals surface area contributed by atoms with Crippen molar-refractivity contribution < 1.29 is 23.8 Å².